The van der Waals surface area contributed by atoms with E-state index in [9.17, 15) is 0 Å². The fraction of sp³-hybridized carbons (Fsp3) is 1.00. The number of hydrogen-bond acceptors (Lipinski definition) is 3. The molecule has 13 heavy (non-hydrogen) atoms. The van der Waals surface area contributed by atoms with E-state index in [1.165, 1.54) is 42.3 Å². The van der Waals surface area contributed by atoms with Crippen molar-refractivity contribution in [3.8, 4) is 0 Å². The molecule has 0 saturated carbocycles. The molecule has 0 aliphatic carbocycles. The third-order valence-electron chi connectivity index (χ3n) is 2.25. The molecule has 4 heteroatoms. The first-order valence-electron chi connectivity index (χ1n) is 5.36. The molecule has 0 fully saturated rings. The summed E-state index contributed by atoms with van der Waals surface area (Å²) in [6, 6.07) is 0. The maximum Gasteiger partial charge on any atom is 0.0205 e. The van der Waals surface area contributed by atoms with E-state index in [2.05, 4.69) is 15.5 Å². The molecule has 0 amide bonds. The van der Waals surface area contributed by atoms with Gasteiger partial charge in [-0.3, -0.25) is 0 Å². The SMILES string of the molecule is CNCCCN(C[SiH3])CCCNC. The van der Waals surface area contributed by atoms with E-state index in [-0.39, 0.29) is 0 Å². The molecule has 0 aromatic heterocycles. The van der Waals surface area contributed by atoms with Crippen LogP contribution in [0.25, 0.3) is 0 Å². The van der Waals surface area contributed by atoms with Crippen LogP contribution in [0, 0.1) is 0 Å². The fourth-order valence-electron chi connectivity index (χ4n) is 1.39. The van der Waals surface area contributed by atoms with Gasteiger partial charge in [0, 0.05) is 10.2 Å². The average molecular weight is 203 g/mol. The van der Waals surface area contributed by atoms with E-state index in [1.807, 2.05) is 14.1 Å². The van der Waals surface area contributed by atoms with Crippen LogP contribution in [0.5, 0.6) is 0 Å². The zero-order chi connectivity index (χ0) is 9.94. The van der Waals surface area contributed by atoms with Crippen molar-refractivity contribution >= 4 is 10.2 Å². The van der Waals surface area contributed by atoms with Crippen molar-refractivity contribution in [2.45, 2.75) is 12.8 Å². The maximum absolute atomic E-state index is 3.19. The summed E-state index contributed by atoms with van der Waals surface area (Å²) in [7, 11) is 5.33. The lowest BCUT2D eigenvalue weighted by Gasteiger charge is -2.20. The molecule has 0 unspecified atom stereocenters. The van der Waals surface area contributed by atoms with E-state index < -0.39 is 0 Å². The minimum Gasteiger partial charge on any atom is -0.320 e. The van der Waals surface area contributed by atoms with Gasteiger partial charge >= 0.3 is 0 Å². The summed E-state index contributed by atoms with van der Waals surface area (Å²) in [5, 5.41) is 6.37. The normalized spacial score (nSPS) is 11.3. The zero-order valence-electron chi connectivity index (χ0n) is 9.40. The first-order valence-corrected chi connectivity index (χ1v) is 6.78. The third kappa shape index (κ3) is 8.43. The summed E-state index contributed by atoms with van der Waals surface area (Å²) in [6.45, 7) is 4.80. The van der Waals surface area contributed by atoms with Crippen molar-refractivity contribution in [3.05, 3.63) is 0 Å². The van der Waals surface area contributed by atoms with Gasteiger partial charge in [-0.2, -0.15) is 0 Å². The van der Waals surface area contributed by atoms with Crippen LogP contribution in [0.3, 0.4) is 0 Å². The van der Waals surface area contributed by atoms with Crippen LogP contribution in [-0.2, 0) is 0 Å². The van der Waals surface area contributed by atoms with E-state index in [0.29, 0.717) is 0 Å². The molecule has 0 rings (SSSR count). The molecule has 0 heterocycles. The Labute approximate surface area is 85.7 Å². The second kappa shape index (κ2) is 10.2. The summed E-state index contributed by atoms with van der Waals surface area (Å²) in [5.74, 6) is 0. The molecule has 0 saturated heterocycles. The highest BCUT2D eigenvalue weighted by Gasteiger charge is 1.99. The number of hydrogen-bond donors (Lipinski definition) is 2. The van der Waals surface area contributed by atoms with E-state index in [4.69, 9.17) is 0 Å². The number of rotatable bonds is 9. The Morgan fingerprint density at radius 3 is 1.77 bits per heavy atom. The summed E-state index contributed by atoms with van der Waals surface area (Å²) in [5.41, 5.74) is 0. The fourth-order valence-corrected chi connectivity index (χ4v) is 2.02. The van der Waals surface area contributed by atoms with Gasteiger partial charge in [-0.15, -0.1) is 0 Å². The van der Waals surface area contributed by atoms with Gasteiger partial charge in [-0.25, -0.2) is 0 Å². The topological polar surface area (TPSA) is 27.3 Å². The van der Waals surface area contributed by atoms with Crippen LogP contribution in [0.2, 0.25) is 0 Å². The Balaban J connectivity index is 3.28. The van der Waals surface area contributed by atoms with Crippen molar-refractivity contribution in [2.75, 3.05) is 46.4 Å². The Hall–Kier alpha value is 0.0969. The lowest BCUT2D eigenvalue weighted by atomic mass is 10.3. The van der Waals surface area contributed by atoms with E-state index in [1.54, 1.807) is 0 Å². The minimum atomic E-state index is 1.14. The molecule has 0 aromatic carbocycles. The van der Waals surface area contributed by atoms with Gasteiger partial charge in [0.2, 0.25) is 0 Å². The van der Waals surface area contributed by atoms with Crippen LogP contribution < -0.4 is 10.6 Å². The third-order valence-corrected chi connectivity index (χ3v) is 3.14. The van der Waals surface area contributed by atoms with Crippen molar-refractivity contribution in [1.29, 1.82) is 0 Å². The minimum absolute atomic E-state index is 1.14. The summed E-state index contributed by atoms with van der Waals surface area (Å²) in [4.78, 5) is 2.57. The van der Waals surface area contributed by atoms with Crippen molar-refractivity contribution < 1.29 is 0 Å². The summed E-state index contributed by atoms with van der Waals surface area (Å²) >= 11 is 0. The Morgan fingerprint density at radius 1 is 1.00 bits per heavy atom. The predicted molar refractivity (Wildman–Crippen MR) is 63.5 cm³/mol. The van der Waals surface area contributed by atoms with Crippen LogP contribution in [-0.4, -0.2) is 61.6 Å². The predicted octanol–water partition coefficient (Wildman–Crippen LogP) is -1.17. The maximum atomic E-state index is 3.19. The molecule has 0 atom stereocenters. The number of nitrogens with one attached hydrogen (secondary N) is 2. The molecule has 0 aliphatic heterocycles. The van der Waals surface area contributed by atoms with Crippen LogP contribution in [0.4, 0.5) is 0 Å². The van der Waals surface area contributed by atoms with Crippen LogP contribution in [0.15, 0.2) is 0 Å². The van der Waals surface area contributed by atoms with Crippen LogP contribution in [0.1, 0.15) is 12.8 Å². The van der Waals surface area contributed by atoms with E-state index >= 15 is 0 Å². The molecule has 0 spiro atoms. The molecule has 0 radical (unpaired) electrons. The first kappa shape index (κ1) is 13.1. The van der Waals surface area contributed by atoms with Gasteiger partial charge in [0.1, 0.15) is 0 Å². The van der Waals surface area contributed by atoms with Crippen molar-refractivity contribution in [2.24, 2.45) is 0 Å². The van der Waals surface area contributed by atoms with Gasteiger partial charge in [0.05, 0.1) is 0 Å². The smallest absolute Gasteiger partial charge is 0.0205 e. The standard InChI is InChI=1S/C9H25N3Si/c1-10-5-3-7-12(9-13)8-4-6-11-2/h10-11H,3-9H2,1-2,13H3. The highest BCUT2D eigenvalue weighted by molar-refractivity contribution is 6.08. The first-order chi connectivity index (χ1) is 6.35. The zero-order valence-corrected chi connectivity index (χ0v) is 11.4. The molecule has 3 nitrogen and oxygen atoms in total. The van der Waals surface area contributed by atoms with Gasteiger partial charge in [-0.05, 0) is 59.3 Å². The monoisotopic (exact) mass is 203 g/mol. The van der Waals surface area contributed by atoms with Crippen molar-refractivity contribution in [3.63, 3.8) is 0 Å². The Bertz CT molecular complexity index is 90.9. The van der Waals surface area contributed by atoms with Gasteiger partial charge in [0.25, 0.3) is 0 Å². The summed E-state index contributed by atoms with van der Waals surface area (Å²) in [6.07, 6.45) is 3.87. The van der Waals surface area contributed by atoms with Crippen LogP contribution >= 0.6 is 0 Å². The average Bonchev–Trinajstić information content (AvgIpc) is 2.16. The van der Waals surface area contributed by atoms with Gasteiger partial charge in [0.15, 0.2) is 0 Å². The number of nitrogens with zero attached hydrogens (tertiary/aromatic N) is 1. The van der Waals surface area contributed by atoms with E-state index in [0.717, 1.165) is 13.1 Å². The highest BCUT2D eigenvalue weighted by Crippen LogP contribution is 1.91. The lowest BCUT2D eigenvalue weighted by molar-refractivity contribution is 0.307. The second-order valence-corrected chi connectivity index (χ2v) is 3.98. The summed E-state index contributed by atoms with van der Waals surface area (Å²) < 4.78 is 0. The highest BCUT2D eigenvalue weighted by atomic mass is 28.1. The molecular weight excluding hydrogens is 178 g/mol. The van der Waals surface area contributed by atoms with Gasteiger partial charge in [-0.1, -0.05) is 0 Å². The lowest BCUT2D eigenvalue weighted by Crippen LogP contribution is -2.30. The molecule has 0 aromatic rings. The molecular formula is C9H25N3Si. The Morgan fingerprint density at radius 2 is 1.46 bits per heavy atom. The second-order valence-electron chi connectivity index (χ2n) is 3.35. The largest absolute Gasteiger partial charge is 0.320 e. The molecule has 80 valence electrons. The molecule has 0 aliphatic rings. The Kier molecular flexibility index (Phi) is 10.3. The molecule has 0 bridgehead atoms. The van der Waals surface area contributed by atoms with Gasteiger partial charge < -0.3 is 15.5 Å². The van der Waals surface area contributed by atoms with Crippen molar-refractivity contribution in [1.82, 2.24) is 15.5 Å². The quantitative estimate of drug-likeness (QED) is 0.365. The molecule has 2 N–H and O–H groups in total.